The Labute approximate surface area is 244 Å². The zero-order valence-corrected chi connectivity index (χ0v) is 23.6. The van der Waals surface area contributed by atoms with E-state index in [1.165, 1.54) is 33.2 Å². The molecule has 0 amide bonds. The van der Waals surface area contributed by atoms with Gasteiger partial charge in [0.1, 0.15) is 22.5 Å². The first kappa shape index (κ1) is 23.7. The highest BCUT2D eigenvalue weighted by molar-refractivity contribution is 6.14. The minimum Gasteiger partial charge on any atom is -0.456 e. The Balaban J connectivity index is 1.37. The summed E-state index contributed by atoms with van der Waals surface area (Å²) in [6.45, 7) is 4.69. The van der Waals surface area contributed by atoms with Gasteiger partial charge < -0.3 is 13.7 Å². The number of fused-ring (bicyclic) bond motifs is 9. The molecule has 0 spiro atoms. The molecule has 5 aromatic carbocycles. The van der Waals surface area contributed by atoms with Crippen molar-refractivity contribution in [3.8, 4) is 11.1 Å². The van der Waals surface area contributed by atoms with Crippen LogP contribution in [0.25, 0.3) is 50.1 Å². The summed E-state index contributed by atoms with van der Waals surface area (Å²) in [6.07, 6.45) is 6.32. The monoisotopic (exact) mass is 543 g/mol. The Morgan fingerprint density at radius 2 is 1.36 bits per heavy atom. The van der Waals surface area contributed by atoms with Crippen molar-refractivity contribution in [2.24, 2.45) is 0 Å². The summed E-state index contributed by atoms with van der Waals surface area (Å²) in [5, 5.41) is 3.42. The van der Waals surface area contributed by atoms with E-state index >= 15 is 0 Å². The van der Waals surface area contributed by atoms with E-state index in [4.69, 9.17) is 8.83 Å². The van der Waals surface area contributed by atoms with Crippen LogP contribution in [0.3, 0.4) is 0 Å². The maximum atomic E-state index is 6.41. The van der Waals surface area contributed by atoms with Gasteiger partial charge in [0.25, 0.3) is 0 Å². The molecule has 0 fully saturated rings. The van der Waals surface area contributed by atoms with Crippen molar-refractivity contribution in [2.75, 3.05) is 4.90 Å². The number of hydrogen-bond acceptors (Lipinski definition) is 3. The van der Waals surface area contributed by atoms with Crippen LogP contribution < -0.4 is 4.90 Å². The minimum atomic E-state index is -0.104. The van der Waals surface area contributed by atoms with E-state index in [9.17, 15) is 0 Å². The average Bonchev–Trinajstić information content (AvgIpc) is 3.66. The lowest BCUT2D eigenvalue weighted by atomic mass is 9.82. The maximum absolute atomic E-state index is 6.41. The largest absolute Gasteiger partial charge is 0.456 e. The SMILES string of the molecule is CC1(C)c2ccccc2-c2ccc(N(c3cccc4oc5c(c34)CCC=C5)c3cccc4oc5ccccc5c34)cc21. The third kappa shape index (κ3) is 3.16. The van der Waals surface area contributed by atoms with Gasteiger partial charge in [-0.15, -0.1) is 0 Å². The molecule has 0 bridgehead atoms. The molecule has 42 heavy (non-hydrogen) atoms. The fraction of sp³-hybridized carbons (Fsp3) is 0.128. The molecule has 0 unspecified atom stereocenters. The first-order valence-electron chi connectivity index (χ1n) is 14.8. The molecule has 0 saturated heterocycles. The highest BCUT2D eigenvalue weighted by atomic mass is 16.3. The topological polar surface area (TPSA) is 29.5 Å². The van der Waals surface area contributed by atoms with Crippen molar-refractivity contribution in [2.45, 2.75) is 32.1 Å². The van der Waals surface area contributed by atoms with Gasteiger partial charge in [-0.05, 0) is 83.6 Å². The molecule has 2 heterocycles. The summed E-state index contributed by atoms with van der Waals surface area (Å²) < 4.78 is 12.8. The van der Waals surface area contributed by atoms with Gasteiger partial charge in [0, 0.05) is 27.4 Å². The molecule has 2 aliphatic carbocycles. The van der Waals surface area contributed by atoms with Crippen LogP contribution in [0.5, 0.6) is 0 Å². The molecule has 0 N–H and O–H groups in total. The Hall–Kier alpha value is -5.02. The highest BCUT2D eigenvalue weighted by Crippen LogP contribution is 2.52. The summed E-state index contributed by atoms with van der Waals surface area (Å²) in [5.74, 6) is 0.973. The molecule has 2 aliphatic rings. The molecule has 2 aromatic heterocycles. The van der Waals surface area contributed by atoms with E-state index in [2.05, 4.69) is 128 Å². The van der Waals surface area contributed by atoms with Crippen LogP contribution in [-0.2, 0) is 11.8 Å². The standard InChI is InChI=1S/C39H29NO2/c1-39(2)29-14-6-3-11-25(29)26-22-21-24(23-30(26)39)40(31-15-9-19-35-37(31)27-12-4-7-17-33(27)41-35)32-16-10-20-36-38(32)28-13-5-8-18-34(28)42-36/h3-4,6-12,14-23H,5,13H2,1-2H3. The lowest BCUT2D eigenvalue weighted by Gasteiger charge is -2.29. The Morgan fingerprint density at radius 1 is 0.643 bits per heavy atom. The number of benzene rings is 5. The molecule has 0 radical (unpaired) electrons. The maximum Gasteiger partial charge on any atom is 0.137 e. The van der Waals surface area contributed by atoms with Crippen LogP contribution in [0.1, 0.15) is 42.7 Å². The zero-order chi connectivity index (χ0) is 28.0. The molecule has 7 aromatic rings. The number of aryl methyl sites for hydroxylation is 1. The molecular formula is C39H29NO2. The fourth-order valence-corrected chi connectivity index (χ4v) is 7.38. The summed E-state index contributed by atoms with van der Waals surface area (Å²) in [4.78, 5) is 2.43. The van der Waals surface area contributed by atoms with Gasteiger partial charge >= 0.3 is 0 Å². The van der Waals surface area contributed by atoms with E-state index in [-0.39, 0.29) is 5.41 Å². The van der Waals surface area contributed by atoms with Crippen LogP contribution in [-0.4, -0.2) is 0 Å². The number of furan rings is 2. The first-order chi connectivity index (χ1) is 20.6. The van der Waals surface area contributed by atoms with Gasteiger partial charge in [-0.1, -0.05) is 80.6 Å². The van der Waals surface area contributed by atoms with Crippen LogP contribution in [0.4, 0.5) is 17.1 Å². The zero-order valence-electron chi connectivity index (χ0n) is 23.6. The van der Waals surface area contributed by atoms with Crippen LogP contribution in [0, 0.1) is 0 Å². The van der Waals surface area contributed by atoms with Gasteiger partial charge in [-0.2, -0.15) is 0 Å². The van der Waals surface area contributed by atoms with E-state index in [0.717, 1.165) is 63.2 Å². The van der Waals surface area contributed by atoms with Crippen LogP contribution >= 0.6 is 0 Å². The second-order valence-electron chi connectivity index (χ2n) is 12.0. The first-order valence-corrected chi connectivity index (χ1v) is 14.8. The van der Waals surface area contributed by atoms with Crippen LogP contribution in [0.15, 0.2) is 118 Å². The summed E-state index contributed by atoms with van der Waals surface area (Å²) in [6, 6.07) is 37.0. The van der Waals surface area contributed by atoms with Gasteiger partial charge in [-0.25, -0.2) is 0 Å². The molecule has 0 saturated carbocycles. The van der Waals surface area contributed by atoms with E-state index < -0.39 is 0 Å². The molecule has 3 heteroatoms. The summed E-state index contributed by atoms with van der Waals surface area (Å²) >= 11 is 0. The number of para-hydroxylation sites is 1. The number of anilines is 3. The number of rotatable bonds is 3. The Kier molecular flexibility index (Phi) is 4.79. The predicted octanol–water partition coefficient (Wildman–Crippen LogP) is 11.1. The Morgan fingerprint density at radius 3 is 2.24 bits per heavy atom. The average molecular weight is 544 g/mol. The molecule has 9 rings (SSSR count). The summed E-state index contributed by atoms with van der Waals surface area (Å²) in [5.41, 5.74) is 12.6. The van der Waals surface area contributed by atoms with Crippen molar-refractivity contribution in [1.82, 2.24) is 0 Å². The minimum absolute atomic E-state index is 0.104. The van der Waals surface area contributed by atoms with E-state index in [1.807, 2.05) is 6.07 Å². The van der Waals surface area contributed by atoms with Gasteiger partial charge in [0.15, 0.2) is 0 Å². The van der Waals surface area contributed by atoms with E-state index in [0.29, 0.717) is 0 Å². The third-order valence-electron chi connectivity index (χ3n) is 9.34. The Bertz CT molecular complexity index is 2240. The number of nitrogens with zero attached hydrogens (tertiary/aromatic N) is 1. The van der Waals surface area contributed by atoms with Crippen molar-refractivity contribution < 1.29 is 8.83 Å². The van der Waals surface area contributed by atoms with Crippen molar-refractivity contribution in [3.63, 3.8) is 0 Å². The summed E-state index contributed by atoms with van der Waals surface area (Å²) in [7, 11) is 0. The second kappa shape index (κ2) is 8.50. The van der Waals surface area contributed by atoms with E-state index in [1.54, 1.807) is 0 Å². The third-order valence-corrected chi connectivity index (χ3v) is 9.34. The van der Waals surface area contributed by atoms with Crippen LogP contribution in [0.2, 0.25) is 0 Å². The number of allylic oxidation sites excluding steroid dienone is 1. The van der Waals surface area contributed by atoms with Crippen molar-refractivity contribution in [3.05, 3.63) is 132 Å². The normalized spacial score (nSPS) is 14.8. The van der Waals surface area contributed by atoms with Gasteiger partial charge in [-0.3, -0.25) is 0 Å². The quantitative estimate of drug-likeness (QED) is 0.222. The molecular weight excluding hydrogens is 514 g/mol. The number of hydrogen-bond donors (Lipinski definition) is 0. The lowest BCUT2D eigenvalue weighted by molar-refractivity contribution is 0.595. The van der Waals surface area contributed by atoms with Gasteiger partial charge in [0.2, 0.25) is 0 Å². The predicted molar refractivity (Wildman–Crippen MR) is 173 cm³/mol. The second-order valence-corrected chi connectivity index (χ2v) is 12.0. The smallest absolute Gasteiger partial charge is 0.137 e. The fourth-order valence-electron chi connectivity index (χ4n) is 7.38. The molecule has 0 aliphatic heterocycles. The molecule has 0 atom stereocenters. The van der Waals surface area contributed by atoms with Crippen molar-refractivity contribution in [1.29, 1.82) is 0 Å². The molecule has 202 valence electrons. The molecule has 3 nitrogen and oxygen atoms in total. The van der Waals surface area contributed by atoms with Gasteiger partial charge in [0.05, 0.1) is 16.8 Å². The highest BCUT2D eigenvalue weighted by Gasteiger charge is 2.36. The van der Waals surface area contributed by atoms with Crippen molar-refractivity contribution >= 4 is 56.0 Å². The lowest BCUT2D eigenvalue weighted by Crippen LogP contribution is -2.16.